The molecule has 2 aromatic heterocycles. The van der Waals surface area contributed by atoms with Gasteiger partial charge in [-0.3, -0.25) is 0 Å². The van der Waals surface area contributed by atoms with Crippen molar-refractivity contribution in [1.82, 2.24) is 19.7 Å². The van der Waals surface area contributed by atoms with E-state index in [1.807, 2.05) is 6.26 Å². The molecule has 0 saturated carbocycles. The smallest absolute Gasteiger partial charge is 0.180 e. The molecule has 1 aliphatic heterocycles. The van der Waals surface area contributed by atoms with E-state index >= 15 is 0 Å². The van der Waals surface area contributed by atoms with Crippen molar-refractivity contribution >= 4 is 21.6 Å². The molecule has 0 aliphatic carbocycles. The lowest BCUT2D eigenvalue weighted by molar-refractivity contribution is 0.496. The van der Waals surface area contributed by atoms with Crippen LogP contribution in [0.4, 0.5) is 8.78 Å². The first-order valence-electron chi connectivity index (χ1n) is 7.36. The lowest BCUT2D eigenvalue weighted by atomic mass is 10.2. The van der Waals surface area contributed by atoms with Gasteiger partial charge in [0.05, 0.1) is 23.7 Å². The Balaban J connectivity index is 2.04. The van der Waals surface area contributed by atoms with Crippen molar-refractivity contribution in [3.8, 4) is 11.5 Å². The zero-order chi connectivity index (χ0) is 17.3. The highest BCUT2D eigenvalue weighted by molar-refractivity contribution is 7.98. The van der Waals surface area contributed by atoms with Gasteiger partial charge in [0.1, 0.15) is 11.5 Å². The molecule has 24 heavy (non-hydrogen) atoms. The fourth-order valence-corrected chi connectivity index (χ4v) is 4.71. The summed E-state index contributed by atoms with van der Waals surface area (Å²) in [5.74, 6) is -0.203. The summed E-state index contributed by atoms with van der Waals surface area (Å²) < 4.78 is 52.2. The Bertz CT molecular complexity index is 854. The molecular formula is C14H16F2N4O2S2. The van der Waals surface area contributed by atoms with Gasteiger partial charge in [0, 0.05) is 18.2 Å². The Morgan fingerprint density at radius 2 is 2.21 bits per heavy atom. The van der Waals surface area contributed by atoms with Gasteiger partial charge in [-0.25, -0.2) is 31.8 Å². The molecule has 1 unspecified atom stereocenters. The third-order valence-electron chi connectivity index (χ3n) is 3.78. The minimum Gasteiger partial charge on any atom is -0.247 e. The highest BCUT2D eigenvalue weighted by Crippen LogP contribution is 2.29. The largest absolute Gasteiger partial charge is 0.247 e. The van der Waals surface area contributed by atoms with Crippen molar-refractivity contribution < 1.29 is 17.2 Å². The van der Waals surface area contributed by atoms with Crippen molar-refractivity contribution in [2.24, 2.45) is 0 Å². The van der Waals surface area contributed by atoms with Gasteiger partial charge in [-0.15, -0.1) is 0 Å². The fraction of sp³-hybridized carbons (Fsp3) is 0.500. The molecule has 10 heteroatoms. The van der Waals surface area contributed by atoms with Crippen molar-refractivity contribution in [2.45, 2.75) is 18.9 Å². The maximum absolute atomic E-state index is 14.1. The second-order valence-corrected chi connectivity index (χ2v) is 8.79. The predicted molar refractivity (Wildman–Crippen MR) is 87.6 cm³/mol. The molecule has 2 aromatic rings. The Morgan fingerprint density at radius 1 is 1.42 bits per heavy atom. The molecule has 130 valence electrons. The fourth-order valence-electron chi connectivity index (χ4n) is 2.63. The van der Waals surface area contributed by atoms with Gasteiger partial charge in [-0.05, 0) is 12.7 Å². The minimum absolute atomic E-state index is 0.0614. The first-order chi connectivity index (χ1) is 11.4. The molecule has 1 saturated heterocycles. The standard InChI is InChI=1S/C14H16F2N4O2S2/c1-23-4-2-12-18-14(13-11(16)6-9(15)7-17-13)20(19-12)10-3-5-24(21,22)8-10/h6-7,10H,2-5,8H2,1H3. The summed E-state index contributed by atoms with van der Waals surface area (Å²) in [5.41, 5.74) is -0.122. The van der Waals surface area contributed by atoms with Crippen molar-refractivity contribution in [3.63, 3.8) is 0 Å². The average Bonchev–Trinajstić information content (AvgIpc) is 3.08. The van der Waals surface area contributed by atoms with E-state index in [9.17, 15) is 17.2 Å². The van der Waals surface area contributed by atoms with Crippen LogP contribution in [0.15, 0.2) is 12.3 Å². The predicted octanol–water partition coefficient (Wildman–Crippen LogP) is 1.88. The maximum Gasteiger partial charge on any atom is 0.180 e. The summed E-state index contributed by atoms with van der Waals surface area (Å²) in [6.07, 6.45) is 3.82. The second-order valence-electron chi connectivity index (χ2n) is 5.58. The normalized spacial score (nSPS) is 19.7. The van der Waals surface area contributed by atoms with Crippen LogP contribution in [0.3, 0.4) is 0 Å². The van der Waals surface area contributed by atoms with E-state index in [4.69, 9.17) is 0 Å². The Labute approximate surface area is 142 Å². The van der Waals surface area contributed by atoms with Gasteiger partial charge in [0.25, 0.3) is 0 Å². The Morgan fingerprint density at radius 3 is 2.83 bits per heavy atom. The summed E-state index contributed by atoms with van der Waals surface area (Å²) in [5, 5.41) is 4.36. The van der Waals surface area contributed by atoms with Crippen LogP contribution in [0.25, 0.3) is 11.5 Å². The SMILES string of the molecule is CSCCc1nc(-c2ncc(F)cc2F)n(C2CCS(=O)(=O)C2)n1. The lowest BCUT2D eigenvalue weighted by Crippen LogP contribution is -2.15. The monoisotopic (exact) mass is 374 g/mol. The summed E-state index contributed by atoms with van der Waals surface area (Å²) in [6, 6.07) is 0.320. The third kappa shape index (κ3) is 3.59. The molecule has 3 rings (SSSR count). The first-order valence-corrected chi connectivity index (χ1v) is 10.6. The van der Waals surface area contributed by atoms with E-state index < -0.39 is 27.5 Å². The molecule has 0 bridgehead atoms. The second kappa shape index (κ2) is 6.75. The quantitative estimate of drug-likeness (QED) is 0.795. The van der Waals surface area contributed by atoms with E-state index in [0.29, 0.717) is 18.7 Å². The topological polar surface area (TPSA) is 77.7 Å². The molecule has 1 aliphatic rings. The lowest BCUT2D eigenvalue weighted by Gasteiger charge is -2.11. The van der Waals surface area contributed by atoms with Crippen LogP contribution in [0.1, 0.15) is 18.3 Å². The van der Waals surface area contributed by atoms with Crippen molar-refractivity contribution in [3.05, 3.63) is 29.7 Å². The number of pyridine rings is 1. The summed E-state index contributed by atoms with van der Waals surface area (Å²) in [6.45, 7) is 0. The van der Waals surface area contributed by atoms with Gasteiger partial charge in [0.15, 0.2) is 27.3 Å². The molecule has 3 heterocycles. The number of nitrogens with zero attached hydrogens (tertiary/aromatic N) is 4. The van der Waals surface area contributed by atoms with Gasteiger partial charge in [-0.1, -0.05) is 0 Å². The number of rotatable bonds is 5. The number of halogens is 2. The average molecular weight is 374 g/mol. The first kappa shape index (κ1) is 17.3. The highest BCUT2D eigenvalue weighted by Gasteiger charge is 2.33. The van der Waals surface area contributed by atoms with Crippen LogP contribution in [-0.4, -0.2) is 51.7 Å². The third-order valence-corrected chi connectivity index (χ3v) is 6.14. The van der Waals surface area contributed by atoms with E-state index in [-0.39, 0.29) is 23.0 Å². The Kier molecular flexibility index (Phi) is 4.86. The molecule has 6 nitrogen and oxygen atoms in total. The molecule has 1 fully saturated rings. The molecule has 0 radical (unpaired) electrons. The van der Waals surface area contributed by atoms with E-state index in [1.54, 1.807) is 11.8 Å². The molecule has 0 amide bonds. The molecule has 1 atom stereocenters. The van der Waals surface area contributed by atoms with Gasteiger partial charge >= 0.3 is 0 Å². The summed E-state index contributed by atoms with van der Waals surface area (Å²) in [4.78, 5) is 8.10. The summed E-state index contributed by atoms with van der Waals surface area (Å²) in [7, 11) is -3.13. The molecule has 0 aromatic carbocycles. The van der Waals surface area contributed by atoms with E-state index in [2.05, 4.69) is 15.1 Å². The minimum atomic E-state index is -3.13. The molecule has 0 N–H and O–H groups in total. The van der Waals surface area contributed by atoms with Crippen LogP contribution >= 0.6 is 11.8 Å². The van der Waals surface area contributed by atoms with Crippen LogP contribution in [0.5, 0.6) is 0 Å². The van der Waals surface area contributed by atoms with Crippen LogP contribution in [-0.2, 0) is 16.3 Å². The molecule has 0 spiro atoms. The number of hydrogen-bond donors (Lipinski definition) is 0. The van der Waals surface area contributed by atoms with Crippen LogP contribution in [0, 0.1) is 11.6 Å². The zero-order valence-corrected chi connectivity index (χ0v) is 14.6. The van der Waals surface area contributed by atoms with Crippen molar-refractivity contribution in [2.75, 3.05) is 23.5 Å². The summed E-state index contributed by atoms with van der Waals surface area (Å²) >= 11 is 1.62. The van der Waals surface area contributed by atoms with Crippen LogP contribution < -0.4 is 0 Å². The maximum atomic E-state index is 14.1. The zero-order valence-electron chi connectivity index (χ0n) is 12.9. The highest BCUT2D eigenvalue weighted by atomic mass is 32.2. The van der Waals surface area contributed by atoms with Gasteiger partial charge in [0.2, 0.25) is 0 Å². The molecular weight excluding hydrogens is 358 g/mol. The number of aromatic nitrogens is 4. The van der Waals surface area contributed by atoms with E-state index in [1.165, 1.54) is 4.68 Å². The number of sulfone groups is 1. The number of aryl methyl sites for hydroxylation is 1. The number of hydrogen-bond acceptors (Lipinski definition) is 6. The van der Waals surface area contributed by atoms with Crippen molar-refractivity contribution in [1.29, 1.82) is 0 Å². The van der Waals surface area contributed by atoms with E-state index in [0.717, 1.165) is 18.0 Å². The number of thioether (sulfide) groups is 1. The van der Waals surface area contributed by atoms with Crippen LogP contribution in [0.2, 0.25) is 0 Å². The van der Waals surface area contributed by atoms with Gasteiger partial charge < -0.3 is 0 Å². The Hall–Kier alpha value is -1.55. The van der Waals surface area contributed by atoms with Gasteiger partial charge in [-0.2, -0.15) is 16.9 Å².